The third kappa shape index (κ3) is 3.59. The molecule has 0 saturated carbocycles. The molecule has 2 aliphatic rings. The molecule has 0 aromatic heterocycles. The molecule has 0 bridgehead atoms. The van der Waals surface area contributed by atoms with Gasteiger partial charge in [-0.15, -0.1) is 0 Å². The van der Waals surface area contributed by atoms with Crippen LogP contribution in [-0.2, 0) is 6.16 Å². The monoisotopic (exact) mass is 324 g/mol. The Morgan fingerprint density at radius 3 is 2.00 bits per heavy atom. The second-order valence-electron chi connectivity index (χ2n) is 7.42. The molecule has 0 fully saturated rings. The Morgan fingerprint density at radius 1 is 0.913 bits per heavy atom. The van der Waals surface area contributed by atoms with E-state index >= 15 is 0 Å². The third-order valence-electron chi connectivity index (χ3n) is 5.72. The molecule has 0 aliphatic heterocycles. The fourth-order valence-corrected chi connectivity index (χ4v) is 8.87. The van der Waals surface area contributed by atoms with Crippen LogP contribution < -0.4 is 0 Å². The second-order valence-corrected chi connectivity index (χ2v) is 12.3. The van der Waals surface area contributed by atoms with Gasteiger partial charge in [-0.1, -0.05) is 0 Å². The molecule has 0 amide bonds. The fourth-order valence-electron chi connectivity index (χ4n) is 4.13. The molecule has 1 aromatic carbocycles. The van der Waals surface area contributed by atoms with Crippen LogP contribution >= 0.6 is 7.26 Å². The van der Waals surface area contributed by atoms with E-state index in [9.17, 15) is 0 Å². The predicted octanol–water partition coefficient (Wildman–Crippen LogP) is 5.95. The van der Waals surface area contributed by atoms with E-state index in [-0.39, 0.29) is 0 Å². The van der Waals surface area contributed by atoms with Crippen LogP contribution in [0, 0.1) is 13.8 Å². The summed E-state index contributed by atoms with van der Waals surface area (Å²) < 4.78 is 0. The third-order valence-corrected chi connectivity index (χ3v) is 11.1. The summed E-state index contributed by atoms with van der Waals surface area (Å²) in [6.45, 7) is 7.11. The second kappa shape index (κ2) is 7.02. The Kier molecular flexibility index (Phi) is 5.02. The fraction of sp³-hybridized carbons (Fsp3) is 0.364. The molecule has 1 aromatic rings. The molecule has 0 saturated heterocycles. The van der Waals surface area contributed by atoms with Crippen molar-refractivity contribution in [2.24, 2.45) is 0 Å². The standard InChI is InChI=1S/C22H29P/c1-18-14-15-20(19(2)16-18)17-23(3,21-10-6-4-7-11-21)22-12-8-5-9-13-22/h4-10,12,14-16,21-23H,11,13,17H2,1-3H3. The molecule has 0 spiro atoms. The number of benzene rings is 1. The van der Waals surface area contributed by atoms with Crippen molar-refractivity contribution in [2.75, 3.05) is 6.66 Å². The molecular weight excluding hydrogens is 295 g/mol. The van der Waals surface area contributed by atoms with Crippen molar-refractivity contribution in [3.05, 3.63) is 83.5 Å². The Morgan fingerprint density at radius 2 is 1.52 bits per heavy atom. The van der Waals surface area contributed by atoms with E-state index in [1.165, 1.54) is 30.1 Å². The van der Waals surface area contributed by atoms with Gasteiger partial charge in [0.2, 0.25) is 0 Å². The minimum atomic E-state index is -1.51. The van der Waals surface area contributed by atoms with E-state index in [0.29, 0.717) is 0 Å². The van der Waals surface area contributed by atoms with E-state index < -0.39 is 7.26 Å². The van der Waals surface area contributed by atoms with Crippen molar-refractivity contribution < 1.29 is 0 Å². The van der Waals surface area contributed by atoms with Gasteiger partial charge in [-0.25, -0.2) is 0 Å². The normalized spacial score (nSPS) is 24.1. The molecule has 122 valence electrons. The van der Waals surface area contributed by atoms with Crippen molar-refractivity contribution in [3.8, 4) is 0 Å². The Labute approximate surface area is 142 Å². The molecule has 2 atom stereocenters. The molecule has 1 heteroatoms. The molecule has 2 unspecified atom stereocenters. The minimum absolute atomic E-state index is 0.745. The van der Waals surface area contributed by atoms with E-state index in [0.717, 1.165) is 11.3 Å². The van der Waals surface area contributed by atoms with Gasteiger partial charge in [-0.05, 0) is 0 Å². The van der Waals surface area contributed by atoms with Crippen molar-refractivity contribution in [3.63, 3.8) is 0 Å². The van der Waals surface area contributed by atoms with Crippen LogP contribution in [0.5, 0.6) is 0 Å². The Balaban J connectivity index is 1.94. The maximum atomic E-state index is 2.63. The molecular formula is C22H29P. The summed E-state index contributed by atoms with van der Waals surface area (Å²) in [6, 6.07) is 7.00. The molecule has 3 rings (SSSR count). The Bertz CT molecular complexity index is 645. The van der Waals surface area contributed by atoms with Crippen LogP contribution in [0.15, 0.2) is 66.8 Å². The van der Waals surface area contributed by atoms with E-state index in [2.05, 4.69) is 87.3 Å². The first-order valence-electron chi connectivity index (χ1n) is 8.82. The SMILES string of the molecule is Cc1ccc(C[PH](C)(C2C=CC=CC2)C2C=CC=CC2)c(C)c1. The van der Waals surface area contributed by atoms with E-state index in [1.807, 2.05) is 0 Å². The topological polar surface area (TPSA) is 0 Å². The summed E-state index contributed by atoms with van der Waals surface area (Å²) in [7, 11) is -1.51. The van der Waals surface area contributed by atoms with E-state index in [1.54, 1.807) is 5.56 Å². The zero-order chi connectivity index (χ0) is 16.3. The van der Waals surface area contributed by atoms with Gasteiger partial charge in [0.05, 0.1) is 0 Å². The summed E-state index contributed by atoms with van der Waals surface area (Å²) in [5.74, 6) is 0. The average molecular weight is 324 g/mol. The van der Waals surface area contributed by atoms with Gasteiger partial charge in [0.1, 0.15) is 0 Å². The Hall–Kier alpha value is -1.39. The summed E-state index contributed by atoms with van der Waals surface area (Å²) in [4.78, 5) is 0. The first kappa shape index (κ1) is 16.5. The molecule has 0 radical (unpaired) electrons. The zero-order valence-electron chi connectivity index (χ0n) is 14.6. The summed E-state index contributed by atoms with van der Waals surface area (Å²) in [6.07, 6.45) is 22.4. The van der Waals surface area contributed by atoms with Crippen molar-refractivity contribution >= 4 is 7.26 Å². The summed E-state index contributed by atoms with van der Waals surface area (Å²) >= 11 is 0. The molecule has 2 aliphatic carbocycles. The molecule has 0 nitrogen and oxygen atoms in total. The maximum absolute atomic E-state index is 2.63. The van der Waals surface area contributed by atoms with Gasteiger partial charge in [0, 0.05) is 0 Å². The predicted molar refractivity (Wildman–Crippen MR) is 107 cm³/mol. The quantitative estimate of drug-likeness (QED) is 0.600. The number of hydrogen-bond donors (Lipinski definition) is 0. The number of rotatable bonds is 4. The van der Waals surface area contributed by atoms with Gasteiger partial charge >= 0.3 is 142 Å². The van der Waals surface area contributed by atoms with Gasteiger partial charge in [0.25, 0.3) is 0 Å². The number of allylic oxidation sites excluding steroid dienone is 8. The first-order valence-corrected chi connectivity index (χ1v) is 11.7. The van der Waals surface area contributed by atoms with Crippen molar-refractivity contribution in [1.82, 2.24) is 0 Å². The van der Waals surface area contributed by atoms with Crippen LogP contribution in [0.4, 0.5) is 0 Å². The zero-order valence-corrected chi connectivity index (χ0v) is 15.6. The van der Waals surface area contributed by atoms with Crippen molar-refractivity contribution in [1.29, 1.82) is 0 Å². The van der Waals surface area contributed by atoms with Crippen molar-refractivity contribution in [2.45, 2.75) is 44.2 Å². The summed E-state index contributed by atoms with van der Waals surface area (Å²) in [5, 5.41) is 0. The van der Waals surface area contributed by atoms with Gasteiger partial charge in [0.15, 0.2) is 0 Å². The van der Waals surface area contributed by atoms with E-state index in [4.69, 9.17) is 0 Å². The van der Waals surface area contributed by atoms with Gasteiger partial charge in [-0.3, -0.25) is 0 Å². The van der Waals surface area contributed by atoms with Crippen LogP contribution in [0.1, 0.15) is 29.5 Å². The molecule has 23 heavy (non-hydrogen) atoms. The van der Waals surface area contributed by atoms with Gasteiger partial charge < -0.3 is 0 Å². The summed E-state index contributed by atoms with van der Waals surface area (Å²) in [5.41, 5.74) is 5.89. The van der Waals surface area contributed by atoms with Gasteiger partial charge in [-0.2, -0.15) is 0 Å². The van der Waals surface area contributed by atoms with Crippen LogP contribution in [-0.4, -0.2) is 18.0 Å². The number of aryl methyl sites for hydroxylation is 2. The molecule has 0 N–H and O–H groups in total. The van der Waals surface area contributed by atoms with Crippen LogP contribution in [0.25, 0.3) is 0 Å². The molecule has 0 heterocycles. The number of hydrogen-bond acceptors (Lipinski definition) is 0. The van der Waals surface area contributed by atoms with Crippen LogP contribution in [0.2, 0.25) is 0 Å². The first-order chi connectivity index (χ1) is 11.1. The average Bonchev–Trinajstić information content (AvgIpc) is 2.59. The van der Waals surface area contributed by atoms with Crippen LogP contribution in [0.3, 0.4) is 0 Å².